The van der Waals surface area contributed by atoms with Crippen LogP contribution in [0.5, 0.6) is 0 Å². The number of amides is 1. The van der Waals surface area contributed by atoms with Crippen molar-refractivity contribution in [3.8, 4) is 0 Å². The molecule has 1 N–H and O–H groups in total. The van der Waals surface area contributed by atoms with Crippen molar-refractivity contribution in [2.45, 2.75) is 58.1 Å². The summed E-state index contributed by atoms with van der Waals surface area (Å²) in [5.74, 6) is -0.0540. The first-order chi connectivity index (χ1) is 9.69. The van der Waals surface area contributed by atoms with E-state index in [1.807, 2.05) is 30.3 Å². The van der Waals surface area contributed by atoms with Crippen molar-refractivity contribution in [3.63, 3.8) is 0 Å². The summed E-state index contributed by atoms with van der Waals surface area (Å²) in [6.45, 7) is 4.26. The van der Waals surface area contributed by atoms with Gasteiger partial charge in [-0.1, -0.05) is 62.9 Å². The van der Waals surface area contributed by atoms with E-state index in [9.17, 15) is 4.79 Å². The highest BCUT2D eigenvalue weighted by Gasteiger charge is 2.20. The molecule has 1 rings (SSSR count). The fraction of sp³-hybridized carbons (Fsp3) is 0.588. The minimum absolute atomic E-state index is 0.0540. The van der Waals surface area contributed by atoms with Gasteiger partial charge in [0.05, 0.1) is 0 Å². The number of carbonyl (C=O) groups excluding carboxylic acids is 1. The lowest BCUT2D eigenvalue weighted by atomic mass is 10.1. The molecule has 0 bridgehead atoms. The molecule has 3 nitrogen and oxygen atoms in total. The highest BCUT2D eigenvalue weighted by Crippen LogP contribution is 2.17. The van der Waals surface area contributed by atoms with E-state index in [4.69, 9.17) is 4.74 Å². The maximum atomic E-state index is 12.2. The molecule has 2 atom stereocenters. The van der Waals surface area contributed by atoms with E-state index in [1.165, 1.54) is 19.3 Å². The number of carbonyl (C=O) groups is 1. The van der Waals surface area contributed by atoms with Crippen LogP contribution in [0.1, 0.15) is 57.6 Å². The molecular formula is C17H27NO2. The molecule has 0 aliphatic carbocycles. The summed E-state index contributed by atoms with van der Waals surface area (Å²) in [6, 6.07) is 9.80. The van der Waals surface area contributed by atoms with Crippen molar-refractivity contribution in [1.29, 1.82) is 0 Å². The first-order valence-corrected chi connectivity index (χ1v) is 7.57. The summed E-state index contributed by atoms with van der Waals surface area (Å²) in [5.41, 5.74) is 0.894. The lowest BCUT2D eigenvalue weighted by Gasteiger charge is -2.19. The minimum atomic E-state index is -0.519. The summed E-state index contributed by atoms with van der Waals surface area (Å²) < 4.78 is 5.33. The molecule has 1 aromatic carbocycles. The summed E-state index contributed by atoms with van der Waals surface area (Å²) in [6.07, 6.45) is 5.42. The van der Waals surface area contributed by atoms with Crippen LogP contribution in [0.3, 0.4) is 0 Å². The molecule has 20 heavy (non-hydrogen) atoms. The van der Waals surface area contributed by atoms with E-state index in [-0.39, 0.29) is 11.9 Å². The van der Waals surface area contributed by atoms with Crippen LogP contribution >= 0.6 is 0 Å². The van der Waals surface area contributed by atoms with Gasteiger partial charge in [-0.2, -0.15) is 0 Å². The van der Waals surface area contributed by atoms with E-state index in [0.717, 1.165) is 18.4 Å². The van der Waals surface area contributed by atoms with E-state index >= 15 is 0 Å². The predicted octanol–water partition coefficient (Wildman–Crippen LogP) is 3.85. The van der Waals surface area contributed by atoms with Gasteiger partial charge in [-0.25, -0.2) is 0 Å². The van der Waals surface area contributed by atoms with Crippen LogP contribution in [0.2, 0.25) is 0 Å². The molecule has 0 saturated carbocycles. The molecule has 1 amide bonds. The first kappa shape index (κ1) is 16.7. The second-order valence-electron chi connectivity index (χ2n) is 5.29. The number of methoxy groups -OCH3 is 1. The minimum Gasteiger partial charge on any atom is -0.367 e. The largest absolute Gasteiger partial charge is 0.367 e. The normalized spacial score (nSPS) is 13.8. The zero-order chi connectivity index (χ0) is 14.8. The Bertz CT molecular complexity index is 378. The van der Waals surface area contributed by atoms with Gasteiger partial charge in [0, 0.05) is 13.2 Å². The number of unbranched alkanes of at least 4 members (excludes halogenated alkanes) is 3. The van der Waals surface area contributed by atoms with Crippen LogP contribution in [-0.2, 0) is 9.53 Å². The zero-order valence-corrected chi connectivity index (χ0v) is 12.9. The molecule has 3 heteroatoms. The Kier molecular flexibility index (Phi) is 7.97. The molecule has 0 heterocycles. The van der Waals surface area contributed by atoms with Gasteiger partial charge in [0.1, 0.15) is 0 Å². The van der Waals surface area contributed by atoms with Crippen LogP contribution in [-0.4, -0.2) is 19.1 Å². The molecule has 0 radical (unpaired) electrons. The van der Waals surface area contributed by atoms with Crippen LogP contribution in [0.4, 0.5) is 0 Å². The second kappa shape index (κ2) is 9.54. The van der Waals surface area contributed by atoms with Crippen molar-refractivity contribution in [2.75, 3.05) is 7.11 Å². The summed E-state index contributed by atoms with van der Waals surface area (Å²) in [4.78, 5) is 12.2. The third-order valence-corrected chi connectivity index (χ3v) is 3.46. The summed E-state index contributed by atoms with van der Waals surface area (Å²) in [5, 5.41) is 3.04. The Labute approximate surface area is 122 Å². The topological polar surface area (TPSA) is 38.3 Å². The number of ether oxygens (including phenoxy) is 1. The van der Waals surface area contributed by atoms with Crippen molar-refractivity contribution in [2.24, 2.45) is 0 Å². The van der Waals surface area contributed by atoms with Gasteiger partial charge in [0.2, 0.25) is 0 Å². The third kappa shape index (κ3) is 5.74. The van der Waals surface area contributed by atoms with Gasteiger partial charge in [0.25, 0.3) is 5.91 Å². The van der Waals surface area contributed by atoms with Crippen LogP contribution in [0.15, 0.2) is 30.3 Å². The maximum absolute atomic E-state index is 12.2. The monoisotopic (exact) mass is 277 g/mol. The molecule has 112 valence electrons. The first-order valence-electron chi connectivity index (χ1n) is 7.57. The highest BCUT2D eigenvalue weighted by molar-refractivity contribution is 5.82. The number of benzene rings is 1. The Morgan fingerprint density at radius 1 is 1.20 bits per heavy atom. The molecular weight excluding hydrogens is 250 g/mol. The Morgan fingerprint density at radius 3 is 2.50 bits per heavy atom. The molecule has 1 aromatic rings. The van der Waals surface area contributed by atoms with Crippen LogP contribution in [0, 0.1) is 0 Å². The molecule has 0 saturated heterocycles. The van der Waals surface area contributed by atoms with Gasteiger partial charge >= 0.3 is 0 Å². The Balaban J connectivity index is 2.43. The fourth-order valence-electron chi connectivity index (χ4n) is 2.29. The Morgan fingerprint density at radius 2 is 1.90 bits per heavy atom. The molecule has 0 aliphatic rings. The molecule has 0 spiro atoms. The standard InChI is InChI=1S/C17H27NO2/c1-4-5-6-8-11-14(2)18-17(19)16(20-3)15-12-9-7-10-13-15/h7,9-10,12-14,16H,4-6,8,11H2,1-3H3,(H,18,19). The SMILES string of the molecule is CCCCCCC(C)NC(=O)C(OC)c1ccccc1. The fourth-order valence-corrected chi connectivity index (χ4v) is 2.29. The quantitative estimate of drug-likeness (QED) is 0.696. The zero-order valence-electron chi connectivity index (χ0n) is 12.9. The average molecular weight is 277 g/mol. The van der Waals surface area contributed by atoms with E-state index in [1.54, 1.807) is 7.11 Å². The second-order valence-corrected chi connectivity index (χ2v) is 5.29. The van der Waals surface area contributed by atoms with Crippen LogP contribution in [0.25, 0.3) is 0 Å². The van der Waals surface area contributed by atoms with Gasteiger partial charge < -0.3 is 10.1 Å². The van der Waals surface area contributed by atoms with Crippen molar-refractivity contribution in [3.05, 3.63) is 35.9 Å². The van der Waals surface area contributed by atoms with Crippen LogP contribution < -0.4 is 5.32 Å². The van der Waals surface area contributed by atoms with E-state index < -0.39 is 6.10 Å². The van der Waals surface area contributed by atoms with Gasteiger partial charge in [-0.3, -0.25) is 4.79 Å². The summed E-state index contributed by atoms with van der Waals surface area (Å²) in [7, 11) is 1.57. The molecule has 0 aromatic heterocycles. The lowest BCUT2D eigenvalue weighted by Crippen LogP contribution is -2.36. The number of nitrogens with one attached hydrogen (secondary N) is 1. The average Bonchev–Trinajstić information content (AvgIpc) is 2.45. The maximum Gasteiger partial charge on any atom is 0.253 e. The number of hydrogen-bond acceptors (Lipinski definition) is 2. The van der Waals surface area contributed by atoms with Crippen molar-refractivity contribution < 1.29 is 9.53 Å². The van der Waals surface area contributed by atoms with E-state index in [2.05, 4.69) is 19.2 Å². The molecule has 0 fully saturated rings. The van der Waals surface area contributed by atoms with Gasteiger partial charge in [-0.05, 0) is 18.9 Å². The molecule has 0 aliphatic heterocycles. The summed E-state index contributed by atoms with van der Waals surface area (Å²) >= 11 is 0. The lowest BCUT2D eigenvalue weighted by molar-refractivity contribution is -0.132. The molecule has 2 unspecified atom stereocenters. The van der Waals surface area contributed by atoms with Crippen molar-refractivity contribution >= 4 is 5.91 Å². The van der Waals surface area contributed by atoms with Gasteiger partial charge in [0.15, 0.2) is 6.10 Å². The van der Waals surface area contributed by atoms with E-state index in [0.29, 0.717) is 0 Å². The predicted molar refractivity (Wildman–Crippen MR) is 82.6 cm³/mol. The third-order valence-electron chi connectivity index (χ3n) is 3.46. The van der Waals surface area contributed by atoms with Gasteiger partial charge in [-0.15, -0.1) is 0 Å². The number of rotatable bonds is 9. The van der Waals surface area contributed by atoms with Crippen molar-refractivity contribution in [1.82, 2.24) is 5.32 Å². The highest BCUT2D eigenvalue weighted by atomic mass is 16.5. The Hall–Kier alpha value is -1.35. The number of hydrogen-bond donors (Lipinski definition) is 1. The smallest absolute Gasteiger partial charge is 0.253 e.